The van der Waals surface area contributed by atoms with Gasteiger partial charge in [-0.05, 0) is 63.6 Å². The van der Waals surface area contributed by atoms with Crippen LogP contribution in [0.4, 0.5) is 0 Å². The van der Waals surface area contributed by atoms with Crippen molar-refractivity contribution in [1.82, 2.24) is 5.32 Å². The SMILES string of the molecule is c1ccc(C2=NC(c3ccc(-c4ccc5c(c4)-c4ccccc4Oc4ccccc4-c4ccccc4C5)cc3)N=C(c3ccccc3)N2)cc1. The summed E-state index contributed by atoms with van der Waals surface area (Å²) in [6, 6.07) is 61.3. The van der Waals surface area contributed by atoms with Gasteiger partial charge in [0.2, 0.25) is 0 Å². The highest BCUT2D eigenvalue weighted by Crippen LogP contribution is 2.43. The van der Waals surface area contributed by atoms with Gasteiger partial charge in [-0.2, -0.15) is 0 Å². The Morgan fingerprint density at radius 3 is 1.56 bits per heavy atom. The first-order chi connectivity index (χ1) is 24.8. The second-order valence-electron chi connectivity index (χ2n) is 12.6. The lowest BCUT2D eigenvalue weighted by atomic mass is 9.88. The predicted molar refractivity (Wildman–Crippen MR) is 204 cm³/mol. The van der Waals surface area contributed by atoms with Gasteiger partial charge in [0, 0.05) is 22.3 Å². The Kier molecular flexibility index (Phi) is 7.60. The van der Waals surface area contributed by atoms with Gasteiger partial charge in [-0.3, -0.25) is 0 Å². The van der Waals surface area contributed by atoms with Crippen molar-refractivity contribution < 1.29 is 4.74 Å². The van der Waals surface area contributed by atoms with Gasteiger partial charge in [0.25, 0.3) is 0 Å². The molecule has 0 radical (unpaired) electrons. The van der Waals surface area contributed by atoms with Crippen molar-refractivity contribution in [2.75, 3.05) is 0 Å². The van der Waals surface area contributed by atoms with Crippen LogP contribution >= 0.6 is 0 Å². The monoisotopic (exact) mass is 643 g/mol. The Hall–Kier alpha value is -6.52. The number of benzene rings is 7. The van der Waals surface area contributed by atoms with Crippen LogP contribution < -0.4 is 10.1 Å². The van der Waals surface area contributed by atoms with Crippen molar-refractivity contribution in [2.45, 2.75) is 12.6 Å². The molecule has 0 spiro atoms. The van der Waals surface area contributed by atoms with E-state index in [0.29, 0.717) is 0 Å². The molecule has 9 rings (SSSR count). The van der Waals surface area contributed by atoms with Crippen molar-refractivity contribution in [2.24, 2.45) is 9.98 Å². The Balaban J connectivity index is 1.10. The number of hydrogen-bond acceptors (Lipinski definition) is 4. The zero-order valence-electron chi connectivity index (χ0n) is 27.3. The molecule has 0 aromatic heterocycles. The van der Waals surface area contributed by atoms with E-state index in [4.69, 9.17) is 14.7 Å². The Labute approximate surface area is 292 Å². The predicted octanol–water partition coefficient (Wildman–Crippen LogP) is 10.9. The number of para-hydroxylation sites is 2. The molecule has 1 N–H and O–H groups in total. The van der Waals surface area contributed by atoms with Crippen LogP contribution in [0.2, 0.25) is 0 Å². The molecular weight excluding hydrogens is 611 g/mol. The molecule has 7 aromatic rings. The minimum absolute atomic E-state index is 0.369. The standard InChI is InChI=1S/C46H33N3O/c1-3-13-32(14-4-1)44-47-45(33-15-5-2-6-16-33)49-46(48-44)34-25-23-31(24-26-34)35-27-28-37-29-36-17-7-8-18-38(36)39-19-9-11-21-42(39)50-43-22-12-10-20-40(43)41(37)30-35/h1-28,30,46H,29H2,(H,47,48,49). The summed E-state index contributed by atoms with van der Waals surface area (Å²) in [7, 11) is 0. The number of hydrogen-bond donors (Lipinski definition) is 1. The van der Waals surface area contributed by atoms with Gasteiger partial charge in [-0.15, -0.1) is 0 Å². The van der Waals surface area contributed by atoms with Crippen LogP contribution in [0.25, 0.3) is 33.4 Å². The molecule has 0 aliphatic carbocycles. The van der Waals surface area contributed by atoms with Crippen LogP contribution in [-0.2, 0) is 6.42 Å². The minimum atomic E-state index is -0.369. The molecule has 2 aliphatic rings. The van der Waals surface area contributed by atoms with E-state index in [0.717, 1.165) is 68.5 Å². The lowest BCUT2D eigenvalue weighted by Crippen LogP contribution is -2.35. The van der Waals surface area contributed by atoms with E-state index in [1.54, 1.807) is 0 Å². The fourth-order valence-corrected chi connectivity index (χ4v) is 6.91. The van der Waals surface area contributed by atoms with Crippen LogP contribution in [-0.4, -0.2) is 11.7 Å². The summed E-state index contributed by atoms with van der Waals surface area (Å²) in [5.41, 5.74) is 12.4. The molecule has 238 valence electrons. The molecule has 0 saturated heterocycles. The summed E-state index contributed by atoms with van der Waals surface area (Å²) in [6.45, 7) is 0. The fourth-order valence-electron chi connectivity index (χ4n) is 6.91. The number of rotatable bonds is 4. The highest BCUT2D eigenvalue weighted by molar-refractivity contribution is 6.15. The molecule has 0 bridgehead atoms. The maximum absolute atomic E-state index is 6.71. The second-order valence-corrected chi connectivity index (χ2v) is 12.6. The summed E-state index contributed by atoms with van der Waals surface area (Å²) in [5.74, 6) is 3.33. The van der Waals surface area contributed by atoms with E-state index in [9.17, 15) is 0 Å². The van der Waals surface area contributed by atoms with Gasteiger partial charge in [-0.1, -0.05) is 158 Å². The van der Waals surface area contributed by atoms with E-state index >= 15 is 0 Å². The summed E-state index contributed by atoms with van der Waals surface area (Å²) in [4.78, 5) is 10.1. The number of nitrogens with zero attached hydrogens (tertiary/aromatic N) is 2. The van der Waals surface area contributed by atoms with E-state index < -0.39 is 0 Å². The maximum atomic E-state index is 6.71. The van der Waals surface area contributed by atoms with Crippen LogP contribution in [0.3, 0.4) is 0 Å². The highest BCUT2D eigenvalue weighted by Gasteiger charge is 2.22. The lowest BCUT2D eigenvalue weighted by molar-refractivity contribution is 0.486. The third kappa shape index (κ3) is 5.67. The number of nitrogens with one attached hydrogen (secondary N) is 1. The van der Waals surface area contributed by atoms with Crippen LogP contribution in [0.5, 0.6) is 11.5 Å². The highest BCUT2D eigenvalue weighted by atomic mass is 16.5. The van der Waals surface area contributed by atoms with Crippen molar-refractivity contribution in [3.8, 4) is 44.9 Å². The van der Waals surface area contributed by atoms with Crippen LogP contribution in [0.1, 0.15) is 34.0 Å². The molecule has 0 unspecified atom stereocenters. The molecule has 4 nitrogen and oxygen atoms in total. The topological polar surface area (TPSA) is 46.0 Å². The summed E-state index contributed by atoms with van der Waals surface area (Å²) < 4.78 is 6.71. The molecule has 2 aliphatic heterocycles. The van der Waals surface area contributed by atoms with Crippen molar-refractivity contribution in [3.63, 3.8) is 0 Å². The van der Waals surface area contributed by atoms with Crippen LogP contribution in [0.15, 0.2) is 186 Å². The Morgan fingerprint density at radius 2 is 0.920 bits per heavy atom. The van der Waals surface area contributed by atoms with E-state index in [-0.39, 0.29) is 6.17 Å². The number of amidine groups is 2. The molecule has 4 heteroatoms. The molecule has 2 heterocycles. The second kappa shape index (κ2) is 12.8. The molecule has 0 atom stereocenters. The van der Waals surface area contributed by atoms with Gasteiger partial charge in [0.1, 0.15) is 23.2 Å². The van der Waals surface area contributed by atoms with Gasteiger partial charge in [0.05, 0.1) is 0 Å². The van der Waals surface area contributed by atoms with Crippen molar-refractivity contribution in [1.29, 1.82) is 0 Å². The van der Waals surface area contributed by atoms with Gasteiger partial charge in [0.15, 0.2) is 6.17 Å². The summed E-state index contributed by atoms with van der Waals surface area (Å²) in [6.07, 6.45) is 0.443. The Morgan fingerprint density at radius 1 is 0.420 bits per heavy atom. The molecule has 0 amide bonds. The maximum Gasteiger partial charge on any atom is 0.169 e. The van der Waals surface area contributed by atoms with Gasteiger partial charge >= 0.3 is 0 Å². The van der Waals surface area contributed by atoms with Crippen molar-refractivity contribution >= 4 is 11.7 Å². The Bertz CT molecular complexity index is 2340. The zero-order valence-corrected chi connectivity index (χ0v) is 27.3. The molecular formula is C46H33N3O. The van der Waals surface area contributed by atoms with Crippen LogP contribution in [0, 0.1) is 0 Å². The average Bonchev–Trinajstić information content (AvgIpc) is 3.19. The first-order valence-corrected chi connectivity index (χ1v) is 17.0. The fraction of sp³-hybridized carbons (Fsp3) is 0.0435. The molecule has 0 fully saturated rings. The number of ether oxygens (including phenoxy) is 1. The third-order valence-electron chi connectivity index (χ3n) is 9.46. The van der Waals surface area contributed by atoms with Gasteiger partial charge < -0.3 is 10.1 Å². The van der Waals surface area contributed by atoms with E-state index in [1.807, 2.05) is 48.5 Å². The molecule has 7 aromatic carbocycles. The molecule has 50 heavy (non-hydrogen) atoms. The lowest BCUT2D eigenvalue weighted by Gasteiger charge is -2.22. The first kappa shape index (κ1) is 29.6. The quantitative estimate of drug-likeness (QED) is 0.207. The van der Waals surface area contributed by atoms with E-state index in [2.05, 4.69) is 133 Å². The minimum Gasteiger partial charge on any atom is -0.456 e. The van der Waals surface area contributed by atoms with Gasteiger partial charge in [-0.25, -0.2) is 9.98 Å². The zero-order chi connectivity index (χ0) is 33.3. The first-order valence-electron chi connectivity index (χ1n) is 17.0. The number of fused-ring (bicyclic) bond motifs is 6. The summed E-state index contributed by atoms with van der Waals surface area (Å²) >= 11 is 0. The third-order valence-corrected chi connectivity index (χ3v) is 9.46. The van der Waals surface area contributed by atoms with E-state index in [1.165, 1.54) is 22.3 Å². The summed E-state index contributed by atoms with van der Waals surface area (Å²) in [5, 5.41) is 3.48. The normalized spacial score (nSPS) is 13.6. The molecule has 0 saturated carbocycles. The largest absolute Gasteiger partial charge is 0.456 e. The van der Waals surface area contributed by atoms with Crippen molar-refractivity contribution in [3.05, 3.63) is 204 Å². The average molecular weight is 644 g/mol. The number of aliphatic imine (C=N–C) groups is 2. The smallest absolute Gasteiger partial charge is 0.169 e.